The molecule has 3 aromatic rings. The quantitative estimate of drug-likeness (QED) is 0.697. The second kappa shape index (κ2) is 7.17. The van der Waals surface area contributed by atoms with E-state index in [-0.39, 0.29) is 11.7 Å². The minimum Gasteiger partial charge on any atom is -0.406 e. The lowest BCUT2D eigenvalue weighted by Crippen LogP contribution is -2.36. The molecule has 0 unspecified atom stereocenters. The molecule has 29 heavy (non-hydrogen) atoms. The summed E-state index contributed by atoms with van der Waals surface area (Å²) >= 11 is 0. The molecule has 0 bridgehead atoms. The summed E-state index contributed by atoms with van der Waals surface area (Å²) < 4.78 is 43.8. The van der Waals surface area contributed by atoms with Gasteiger partial charge in [0.25, 0.3) is 0 Å². The van der Waals surface area contributed by atoms with E-state index in [1.807, 2.05) is 26.0 Å². The Labute approximate surface area is 166 Å². The molecule has 0 radical (unpaired) electrons. The highest BCUT2D eigenvalue weighted by Gasteiger charge is 2.31. The number of aryl methyl sites for hydroxylation is 2. The number of benzene rings is 1. The number of carbonyl (C=O) groups is 1. The lowest BCUT2D eigenvalue weighted by molar-refractivity contribution is -0.274. The van der Waals surface area contributed by atoms with Gasteiger partial charge in [-0.05, 0) is 44.2 Å². The number of amides is 1. The first-order valence-corrected chi connectivity index (χ1v) is 9.51. The number of aromatic amines is 1. The Morgan fingerprint density at radius 3 is 2.59 bits per heavy atom. The minimum absolute atomic E-state index is 0.0418. The van der Waals surface area contributed by atoms with Crippen molar-refractivity contribution in [1.82, 2.24) is 14.5 Å². The van der Waals surface area contributed by atoms with Crippen molar-refractivity contribution in [2.45, 2.75) is 46.1 Å². The summed E-state index contributed by atoms with van der Waals surface area (Å²) in [6.45, 7) is 5.61. The van der Waals surface area contributed by atoms with Crippen LogP contribution < -0.4 is 4.74 Å². The van der Waals surface area contributed by atoms with Gasteiger partial charge in [-0.1, -0.05) is 0 Å². The first-order valence-electron chi connectivity index (χ1n) is 9.51. The molecule has 1 aromatic carbocycles. The van der Waals surface area contributed by atoms with Crippen molar-refractivity contribution >= 4 is 16.8 Å². The highest BCUT2D eigenvalue weighted by molar-refractivity contribution is 5.87. The summed E-state index contributed by atoms with van der Waals surface area (Å²) in [5.74, 6) is -0.214. The standard InChI is InChI=1S/C21H22F3N3O2/c1-13-3-4-14(2)27(13)10-8-20(28)26-9-7-19-17(12-26)16-11-15(29-21(22,23)24)5-6-18(16)25-19/h3-6,11,25H,7-10,12H2,1-2H3. The Hall–Kier alpha value is -2.90. The van der Waals surface area contributed by atoms with Crippen molar-refractivity contribution in [2.75, 3.05) is 6.54 Å². The molecule has 1 amide bonds. The molecule has 154 valence electrons. The molecule has 0 fully saturated rings. The third-order valence-electron chi connectivity index (χ3n) is 5.50. The maximum atomic E-state index is 12.8. The number of nitrogens with zero attached hydrogens (tertiary/aromatic N) is 2. The largest absolute Gasteiger partial charge is 0.573 e. The molecule has 0 spiro atoms. The van der Waals surface area contributed by atoms with Crippen LogP contribution >= 0.6 is 0 Å². The summed E-state index contributed by atoms with van der Waals surface area (Å²) in [6, 6.07) is 8.32. The summed E-state index contributed by atoms with van der Waals surface area (Å²) in [4.78, 5) is 17.8. The van der Waals surface area contributed by atoms with Crippen molar-refractivity contribution in [3.63, 3.8) is 0 Å². The van der Waals surface area contributed by atoms with Crippen LogP contribution in [-0.4, -0.2) is 33.3 Å². The maximum Gasteiger partial charge on any atom is 0.573 e. The number of ether oxygens (including phenoxy) is 1. The fourth-order valence-corrected chi connectivity index (χ4v) is 4.02. The predicted molar refractivity (Wildman–Crippen MR) is 103 cm³/mol. The first-order chi connectivity index (χ1) is 13.7. The van der Waals surface area contributed by atoms with E-state index in [9.17, 15) is 18.0 Å². The van der Waals surface area contributed by atoms with Crippen LogP contribution in [0.25, 0.3) is 10.9 Å². The zero-order valence-electron chi connectivity index (χ0n) is 16.3. The summed E-state index contributed by atoms with van der Waals surface area (Å²) in [5.41, 5.74) is 4.80. The zero-order valence-corrected chi connectivity index (χ0v) is 16.3. The molecule has 1 N–H and O–H groups in total. The number of hydrogen-bond acceptors (Lipinski definition) is 2. The Kier molecular flexibility index (Phi) is 4.80. The van der Waals surface area contributed by atoms with Gasteiger partial charge in [0.1, 0.15) is 5.75 Å². The SMILES string of the molecule is Cc1ccc(C)n1CCC(=O)N1CCc2[nH]c3ccc(OC(F)(F)F)cc3c2C1. The van der Waals surface area contributed by atoms with Crippen LogP contribution in [0.3, 0.4) is 0 Å². The molecule has 0 saturated heterocycles. The number of nitrogens with one attached hydrogen (secondary N) is 1. The average Bonchev–Trinajstić information content (AvgIpc) is 3.17. The molecular weight excluding hydrogens is 383 g/mol. The molecule has 0 atom stereocenters. The molecule has 0 saturated carbocycles. The fourth-order valence-electron chi connectivity index (χ4n) is 4.02. The lowest BCUT2D eigenvalue weighted by Gasteiger charge is -2.27. The van der Waals surface area contributed by atoms with Crippen molar-refractivity contribution in [3.05, 3.63) is 53.0 Å². The molecule has 2 aromatic heterocycles. The fraction of sp³-hybridized carbons (Fsp3) is 0.381. The Morgan fingerprint density at radius 1 is 1.17 bits per heavy atom. The van der Waals surface area contributed by atoms with Gasteiger partial charge in [-0.25, -0.2) is 0 Å². The van der Waals surface area contributed by atoms with E-state index >= 15 is 0 Å². The van der Waals surface area contributed by atoms with Gasteiger partial charge < -0.3 is 19.2 Å². The number of hydrogen-bond donors (Lipinski definition) is 1. The van der Waals surface area contributed by atoms with Gasteiger partial charge >= 0.3 is 6.36 Å². The van der Waals surface area contributed by atoms with E-state index in [1.165, 1.54) is 12.1 Å². The first kappa shape index (κ1) is 19.4. The van der Waals surface area contributed by atoms with Gasteiger partial charge in [0.2, 0.25) is 5.91 Å². The second-order valence-corrected chi connectivity index (χ2v) is 7.42. The number of alkyl halides is 3. The van der Waals surface area contributed by atoms with Crippen LogP contribution in [0, 0.1) is 13.8 Å². The number of carbonyl (C=O) groups excluding carboxylic acids is 1. The highest BCUT2D eigenvalue weighted by Crippen LogP contribution is 2.32. The van der Waals surface area contributed by atoms with Crippen molar-refractivity contribution < 1.29 is 22.7 Å². The number of halogens is 3. The van der Waals surface area contributed by atoms with E-state index in [2.05, 4.69) is 14.3 Å². The molecule has 1 aliphatic rings. The van der Waals surface area contributed by atoms with E-state index in [0.717, 1.165) is 28.2 Å². The summed E-state index contributed by atoms with van der Waals surface area (Å²) in [6.07, 6.45) is -3.70. The average molecular weight is 405 g/mol. The molecule has 1 aliphatic heterocycles. The monoisotopic (exact) mass is 405 g/mol. The van der Waals surface area contributed by atoms with Gasteiger partial charge in [-0.2, -0.15) is 0 Å². The zero-order chi connectivity index (χ0) is 20.8. The molecule has 8 heteroatoms. The molecule has 0 aliphatic carbocycles. The van der Waals surface area contributed by atoms with Crippen LogP contribution in [0.5, 0.6) is 5.75 Å². The molecule has 3 heterocycles. The molecule has 4 rings (SSSR count). The van der Waals surface area contributed by atoms with Crippen LogP contribution in [-0.2, 0) is 24.3 Å². The van der Waals surface area contributed by atoms with Crippen LogP contribution in [0.4, 0.5) is 13.2 Å². The Morgan fingerprint density at radius 2 is 1.90 bits per heavy atom. The van der Waals surface area contributed by atoms with Gasteiger partial charge in [0, 0.05) is 66.0 Å². The predicted octanol–water partition coefficient (Wildman–Crippen LogP) is 4.46. The van der Waals surface area contributed by atoms with Crippen molar-refractivity contribution in [3.8, 4) is 5.75 Å². The number of H-pyrrole nitrogens is 1. The van der Waals surface area contributed by atoms with E-state index in [4.69, 9.17) is 0 Å². The van der Waals surface area contributed by atoms with Gasteiger partial charge in [0.15, 0.2) is 0 Å². The van der Waals surface area contributed by atoms with Crippen LogP contribution in [0.1, 0.15) is 29.1 Å². The van der Waals surface area contributed by atoms with Crippen molar-refractivity contribution in [2.24, 2.45) is 0 Å². The minimum atomic E-state index is -4.74. The molecular formula is C21H22F3N3O2. The number of rotatable bonds is 4. The lowest BCUT2D eigenvalue weighted by atomic mass is 10.0. The van der Waals surface area contributed by atoms with E-state index in [0.29, 0.717) is 37.9 Å². The number of aromatic nitrogens is 2. The summed E-state index contributed by atoms with van der Waals surface area (Å²) in [7, 11) is 0. The van der Waals surface area contributed by atoms with Crippen LogP contribution in [0.15, 0.2) is 30.3 Å². The normalized spacial score (nSPS) is 14.3. The third-order valence-corrected chi connectivity index (χ3v) is 5.50. The Balaban J connectivity index is 1.51. The second-order valence-electron chi connectivity index (χ2n) is 7.42. The van der Waals surface area contributed by atoms with Gasteiger partial charge in [-0.3, -0.25) is 4.79 Å². The van der Waals surface area contributed by atoms with Crippen molar-refractivity contribution in [1.29, 1.82) is 0 Å². The van der Waals surface area contributed by atoms with Gasteiger partial charge in [0.05, 0.1) is 0 Å². The smallest absolute Gasteiger partial charge is 0.406 e. The van der Waals surface area contributed by atoms with E-state index < -0.39 is 6.36 Å². The third kappa shape index (κ3) is 3.97. The Bertz CT molecular complexity index is 1050. The maximum absolute atomic E-state index is 12.8. The molecule has 5 nitrogen and oxygen atoms in total. The number of fused-ring (bicyclic) bond motifs is 3. The highest BCUT2D eigenvalue weighted by atomic mass is 19.4. The topological polar surface area (TPSA) is 50.3 Å². The van der Waals surface area contributed by atoms with Crippen LogP contribution in [0.2, 0.25) is 0 Å². The van der Waals surface area contributed by atoms with Gasteiger partial charge in [-0.15, -0.1) is 13.2 Å². The summed E-state index contributed by atoms with van der Waals surface area (Å²) in [5, 5.41) is 0.663. The van der Waals surface area contributed by atoms with E-state index in [1.54, 1.807) is 11.0 Å².